The molecular formula is C27H15Cl2NO2. The lowest BCUT2D eigenvalue weighted by molar-refractivity contribution is 0.972. The average molecular weight is 456 g/mol. The predicted molar refractivity (Wildman–Crippen MR) is 132 cm³/mol. The molecule has 0 radical (unpaired) electrons. The van der Waals surface area contributed by atoms with Crippen molar-refractivity contribution < 1.29 is 0 Å². The van der Waals surface area contributed by atoms with Crippen LogP contribution in [0.25, 0.3) is 38.4 Å². The Kier molecular flexibility index (Phi) is 4.26. The SMILES string of the molecule is O=c1c2cc(Cl)ccc2c2ccc(Cl)cc2c(=O)n1-c1ccc2c(c1)Cc1ccccc1-2. The maximum atomic E-state index is 13.7. The summed E-state index contributed by atoms with van der Waals surface area (Å²) in [6, 6.07) is 24.2. The van der Waals surface area contributed by atoms with Crippen molar-refractivity contribution >= 4 is 44.7 Å². The van der Waals surface area contributed by atoms with Crippen molar-refractivity contribution in [1.82, 2.24) is 4.57 Å². The molecule has 0 bridgehead atoms. The van der Waals surface area contributed by atoms with Gasteiger partial charge in [0.25, 0.3) is 11.1 Å². The van der Waals surface area contributed by atoms with E-state index in [0.717, 1.165) is 17.5 Å². The Bertz CT molecular complexity index is 1640. The Morgan fingerprint density at radius 3 is 1.84 bits per heavy atom. The first kappa shape index (κ1) is 19.3. The van der Waals surface area contributed by atoms with Gasteiger partial charge in [-0.3, -0.25) is 9.59 Å². The highest BCUT2D eigenvalue weighted by molar-refractivity contribution is 6.32. The molecule has 0 fully saturated rings. The van der Waals surface area contributed by atoms with Crippen LogP contribution in [0.4, 0.5) is 0 Å². The van der Waals surface area contributed by atoms with Crippen molar-refractivity contribution in [2.75, 3.05) is 0 Å². The first-order valence-corrected chi connectivity index (χ1v) is 11.0. The molecule has 0 unspecified atom stereocenters. The molecule has 1 aliphatic rings. The highest BCUT2D eigenvalue weighted by atomic mass is 35.5. The molecule has 154 valence electrons. The van der Waals surface area contributed by atoms with E-state index < -0.39 is 11.1 Å². The zero-order chi connectivity index (χ0) is 22.0. The van der Waals surface area contributed by atoms with E-state index in [4.69, 9.17) is 23.2 Å². The van der Waals surface area contributed by atoms with Crippen molar-refractivity contribution in [2.45, 2.75) is 6.42 Å². The van der Waals surface area contributed by atoms with Gasteiger partial charge in [-0.2, -0.15) is 0 Å². The van der Waals surface area contributed by atoms with E-state index in [1.807, 2.05) is 30.3 Å². The molecule has 0 saturated heterocycles. The van der Waals surface area contributed by atoms with Crippen molar-refractivity contribution in [2.24, 2.45) is 0 Å². The normalized spacial score (nSPS) is 12.2. The monoisotopic (exact) mass is 455 g/mol. The van der Waals surface area contributed by atoms with E-state index in [2.05, 4.69) is 12.1 Å². The minimum atomic E-state index is -0.407. The molecule has 5 heteroatoms. The lowest BCUT2D eigenvalue weighted by Crippen LogP contribution is -2.28. The van der Waals surface area contributed by atoms with E-state index in [1.165, 1.54) is 15.7 Å². The molecule has 3 nitrogen and oxygen atoms in total. The highest BCUT2D eigenvalue weighted by Gasteiger charge is 2.20. The van der Waals surface area contributed by atoms with Crippen molar-refractivity contribution in [1.29, 1.82) is 0 Å². The average Bonchev–Trinajstić information content (AvgIpc) is 3.13. The molecule has 5 aromatic rings. The fourth-order valence-corrected chi connectivity index (χ4v) is 5.04. The molecule has 0 aliphatic heterocycles. The number of hydrogen-bond acceptors (Lipinski definition) is 2. The molecule has 1 aliphatic carbocycles. The molecule has 32 heavy (non-hydrogen) atoms. The quantitative estimate of drug-likeness (QED) is 0.288. The number of rotatable bonds is 1. The van der Waals surface area contributed by atoms with Gasteiger partial charge in [-0.1, -0.05) is 65.7 Å². The maximum absolute atomic E-state index is 13.7. The minimum absolute atomic E-state index is 0.385. The number of halogens is 2. The first-order chi connectivity index (χ1) is 15.5. The summed E-state index contributed by atoms with van der Waals surface area (Å²) in [5.41, 5.74) is 4.37. The smallest absolute Gasteiger partial charge is 0.266 e. The van der Waals surface area contributed by atoms with Gasteiger partial charge in [-0.25, -0.2) is 4.57 Å². The Labute approximate surface area is 193 Å². The maximum Gasteiger partial charge on any atom is 0.266 e. The second-order valence-electron chi connectivity index (χ2n) is 8.00. The summed E-state index contributed by atoms with van der Waals surface area (Å²) in [7, 11) is 0. The summed E-state index contributed by atoms with van der Waals surface area (Å²) >= 11 is 12.5. The molecule has 0 saturated carbocycles. The molecule has 1 aromatic heterocycles. The van der Waals surface area contributed by atoms with Crippen molar-refractivity contribution in [3.05, 3.63) is 121 Å². The van der Waals surface area contributed by atoms with Gasteiger partial charge >= 0.3 is 0 Å². The second-order valence-corrected chi connectivity index (χ2v) is 8.87. The van der Waals surface area contributed by atoms with Gasteiger partial charge in [0, 0.05) is 20.8 Å². The first-order valence-electron chi connectivity index (χ1n) is 10.2. The molecule has 6 rings (SSSR count). The number of benzene rings is 4. The van der Waals surface area contributed by atoms with Gasteiger partial charge in [-0.15, -0.1) is 0 Å². The number of fused-ring (bicyclic) bond motifs is 6. The van der Waals surface area contributed by atoms with Crippen LogP contribution in [-0.4, -0.2) is 4.57 Å². The predicted octanol–water partition coefficient (Wildman–Crippen LogP) is 6.38. The molecule has 1 heterocycles. The van der Waals surface area contributed by atoms with Crippen LogP contribution in [0.2, 0.25) is 10.0 Å². The van der Waals surface area contributed by atoms with Crippen LogP contribution in [0.1, 0.15) is 11.1 Å². The van der Waals surface area contributed by atoms with Crippen molar-refractivity contribution in [3.8, 4) is 16.8 Å². The molecule has 0 amide bonds. The van der Waals surface area contributed by atoms with Gasteiger partial charge < -0.3 is 0 Å². The lowest BCUT2D eigenvalue weighted by atomic mass is 10.1. The molecule has 0 atom stereocenters. The van der Waals surface area contributed by atoms with Gasteiger partial charge in [0.1, 0.15) is 0 Å². The topological polar surface area (TPSA) is 39.1 Å². The molecule has 4 aromatic carbocycles. The number of aromatic nitrogens is 1. The fourth-order valence-electron chi connectivity index (χ4n) is 4.69. The Morgan fingerprint density at radius 2 is 1.19 bits per heavy atom. The number of nitrogens with zero attached hydrogens (tertiary/aromatic N) is 1. The summed E-state index contributed by atoms with van der Waals surface area (Å²) in [5, 5.41) is 2.97. The fraction of sp³-hybridized carbons (Fsp3) is 0.0370. The second kappa shape index (κ2) is 7.06. The van der Waals surface area contributed by atoms with Gasteiger partial charge in [0.15, 0.2) is 0 Å². The summed E-state index contributed by atoms with van der Waals surface area (Å²) < 4.78 is 1.24. The van der Waals surface area contributed by atoms with E-state index in [1.54, 1.807) is 36.4 Å². The zero-order valence-electron chi connectivity index (χ0n) is 16.7. The zero-order valence-corrected chi connectivity index (χ0v) is 18.2. The van der Waals surface area contributed by atoms with Crippen LogP contribution in [0.3, 0.4) is 0 Å². The summed E-state index contributed by atoms with van der Waals surface area (Å²) in [4.78, 5) is 27.4. The summed E-state index contributed by atoms with van der Waals surface area (Å²) in [6.07, 6.45) is 0.764. The van der Waals surface area contributed by atoms with Crippen LogP contribution >= 0.6 is 23.2 Å². The Morgan fingerprint density at radius 1 is 0.594 bits per heavy atom. The molecular weight excluding hydrogens is 441 g/mol. The van der Waals surface area contributed by atoms with E-state index >= 15 is 0 Å². The van der Waals surface area contributed by atoms with Crippen LogP contribution in [0, 0.1) is 0 Å². The minimum Gasteiger partial charge on any atom is -0.268 e. The van der Waals surface area contributed by atoms with Crippen LogP contribution in [-0.2, 0) is 6.42 Å². The third-order valence-corrected chi connectivity index (χ3v) is 6.63. The number of hydrogen-bond donors (Lipinski definition) is 0. The molecule has 0 spiro atoms. The van der Waals surface area contributed by atoms with E-state index in [-0.39, 0.29) is 0 Å². The Hall–Kier alpha value is -3.40. The van der Waals surface area contributed by atoms with Gasteiger partial charge in [0.05, 0.1) is 5.69 Å². The Balaban J connectivity index is 1.73. The van der Waals surface area contributed by atoms with Crippen LogP contribution in [0.5, 0.6) is 0 Å². The van der Waals surface area contributed by atoms with Crippen molar-refractivity contribution in [3.63, 3.8) is 0 Å². The molecule has 0 N–H and O–H groups in total. The largest absolute Gasteiger partial charge is 0.268 e. The lowest BCUT2D eigenvalue weighted by Gasteiger charge is -2.07. The standard InChI is InChI=1S/C27H15Cl2NO2/c28-17-5-8-22-23-9-6-18(29)14-25(23)27(32)30(26(31)24(22)13-17)19-7-10-21-16(12-19)11-15-3-1-2-4-20(15)21/h1-10,12-14H,11H2. The summed E-state index contributed by atoms with van der Waals surface area (Å²) in [5.74, 6) is 0. The van der Waals surface area contributed by atoms with E-state index in [0.29, 0.717) is 37.3 Å². The summed E-state index contributed by atoms with van der Waals surface area (Å²) in [6.45, 7) is 0. The van der Waals surface area contributed by atoms with E-state index in [9.17, 15) is 9.59 Å². The third kappa shape index (κ3) is 2.82. The van der Waals surface area contributed by atoms with Gasteiger partial charge in [-0.05, 0) is 75.8 Å². The van der Waals surface area contributed by atoms with Crippen LogP contribution in [0.15, 0.2) is 88.5 Å². The van der Waals surface area contributed by atoms with Crippen LogP contribution < -0.4 is 11.1 Å². The van der Waals surface area contributed by atoms with Gasteiger partial charge in [0.2, 0.25) is 0 Å². The highest BCUT2D eigenvalue weighted by Crippen LogP contribution is 2.37. The third-order valence-electron chi connectivity index (χ3n) is 6.16.